The molecule has 23 heavy (non-hydrogen) atoms. The molecular weight excluding hydrogens is 286 g/mol. The highest BCUT2D eigenvalue weighted by Crippen LogP contribution is 2.27. The van der Waals surface area contributed by atoms with Gasteiger partial charge < -0.3 is 4.42 Å². The maximum absolute atomic E-state index is 8.83. The minimum absolute atomic E-state index is 0.112. The Morgan fingerprint density at radius 2 is 1.30 bits per heavy atom. The van der Waals surface area contributed by atoms with E-state index in [1.165, 1.54) is 5.56 Å². The largest absolute Gasteiger partial charge is 0.416 e. The maximum atomic E-state index is 8.83. The summed E-state index contributed by atoms with van der Waals surface area (Å²) in [5.74, 6) is 0.939. The molecule has 114 valence electrons. The van der Waals surface area contributed by atoms with E-state index in [0.717, 1.165) is 11.1 Å². The molecule has 0 fully saturated rings. The predicted molar refractivity (Wildman–Crippen MR) is 88.6 cm³/mol. The SMILES string of the molecule is CC(C)(C)c1ccc(-c2nnc(-c3ccc(C#N)cc3)o2)cc1. The molecule has 0 aliphatic rings. The monoisotopic (exact) mass is 303 g/mol. The van der Waals surface area contributed by atoms with Gasteiger partial charge in [0.25, 0.3) is 0 Å². The Morgan fingerprint density at radius 3 is 1.74 bits per heavy atom. The Bertz CT molecular complexity index is 847. The van der Waals surface area contributed by atoms with Gasteiger partial charge in [0.05, 0.1) is 11.6 Å². The van der Waals surface area contributed by atoms with Crippen molar-refractivity contribution < 1.29 is 4.42 Å². The van der Waals surface area contributed by atoms with Crippen LogP contribution in [0, 0.1) is 11.3 Å². The van der Waals surface area contributed by atoms with Crippen LogP contribution in [0.3, 0.4) is 0 Å². The topological polar surface area (TPSA) is 62.7 Å². The molecule has 0 radical (unpaired) electrons. The molecule has 1 aromatic heterocycles. The highest BCUT2D eigenvalue weighted by molar-refractivity contribution is 5.59. The van der Waals surface area contributed by atoms with E-state index in [4.69, 9.17) is 9.68 Å². The fourth-order valence-electron chi connectivity index (χ4n) is 2.26. The summed E-state index contributed by atoms with van der Waals surface area (Å²) in [5, 5.41) is 17.0. The first-order valence-electron chi connectivity index (χ1n) is 7.42. The van der Waals surface area contributed by atoms with Gasteiger partial charge in [0.15, 0.2) is 0 Å². The van der Waals surface area contributed by atoms with Crippen LogP contribution in [0.1, 0.15) is 31.9 Å². The molecule has 0 saturated carbocycles. The lowest BCUT2D eigenvalue weighted by Gasteiger charge is -2.18. The summed E-state index contributed by atoms with van der Waals surface area (Å²) in [6.07, 6.45) is 0. The van der Waals surface area contributed by atoms with Gasteiger partial charge in [0, 0.05) is 11.1 Å². The fourth-order valence-corrected chi connectivity index (χ4v) is 2.26. The van der Waals surface area contributed by atoms with Crippen LogP contribution in [0.25, 0.3) is 22.9 Å². The van der Waals surface area contributed by atoms with Gasteiger partial charge in [0.2, 0.25) is 11.8 Å². The molecule has 0 aliphatic carbocycles. The number of benzene rings is 2. The standard InChI is InChI=1S/C19H17N3O/c1-19(2,3)16-10-8-15(9-11-16)18-22-21-17(23-18)14-6-4-13(12-20)5-7-14/h4-11H,1-3H3. The van der Waals surface area contributed by atoms with Crippen molar-refractivity contribution in [1.82, 2.24) is 10.2 Å². The Morgan fingerprint density at radius 1 is 0.826 bits per heavy atom. The highest BCUT2D eigenvalue weighted by atomic mass is 16.4. The number of nitriles is 1. The van der Waals surface area contributed by atoms with Gasteiger partial charge in [-0.3, -0.25) is 0 Å². The molecule has 3 rings (SSSR count). The number of rotatable bonds is 2. The first-order valence-corrected chi connectivity index (χ1v) is 7.42. The third-order valence-corrected chi connectivity index (χ3v) is 3.68. The Hall–Kier alpha value is -2.93. The molecule has 0 spiro atoms. The fraction of sp³-hybridized carbons (Fsp3) is 0.211. The average Bonchev–Trinajstić information content (AvgIpc) is 3.04. The van der Waals surface area contributed by atoms with E-state index >= 15 is 0 Å². The van der Waals surface area contributed by atoms with E-state index in [1.54, 1.807) is 24.3 Å². The highest BCUT2D eigenvalue weighted by Gasteiger charge is 2.15. The number of hydrogen-bond acceptors (Lipinski definition) is 4. The molecular formula is C19H17N3O. The molecule has 1 heterocycles. The molecule has 4 heteroatoms. The van der Waals surface area contributed by atoms with Gasteiger partial charge in [-0.25, -0.2) is 0 Å². The third-order valence-electron chi connectivity index (χ3n) is 3.68. The van der Waals surface area contributed by atoms with Gasteiger partial charge in [-0.1, -0.05) is 32.9 Å². The molecule has 0 unspecified atom stereocenters. The lowest BCUT2D eigenvalue weighted by atomic mass is 9.87. The minimum Gasteiger partial charge on any atom is -0.416 e. The van der Waals surface area contributed by atoms with Crippen molar-refractivity contribution in [1.29, 1.82) is 5.26 Å². The Kier molecular flexibility index (Phi) is 3.71. The Balaban J connectivity index is 1.88. The van der Waals surface area contributed by atoms with Crippen LogP contribution >= 0.6 is 0 Å². The second kappa shape index (κ2) is 5.69. The Labute approximate surface area is 135 Å². The molecule has 3 aromatic rings. The lowest BCUT2D eigenvalue weighted by Crippen LogP contribution is -2.10. The third kappa shape index (κ3) is 3.14. The molecule has 0 saturated heterocycles. The van der Waals surface area contributed by atoms with Crippen LogP contribution in [-0.4, -0.2) is 10.2 Å². The second-order valence-electron chi connectivity index (χ2n) is 6.43. The maximum Gasteiger partial charge on any atom is 0.248 e. The van der Waals surface area contributed by atoms with Gasteiger partial charge in [-0.05, 0) is 47.4 Å². The summed E-state index contributed by atoms with van der Waals surface area (Å²) in [6, 6.07) is 17.3. The first-order chi connectivity index (χ1) is 11.0. The van der Waals surface area contributed by atoms with E-state index in [1.807, 2.05) is 12.1 Å². The quantitative estimate of drug-likeness (QED) is 0.695. The van der Waals surface area contributed by atoms with Crippen LogP contribution in [0.5, 0.6) is 0 Å². The molecule has 0 bridgehead atoms. The van der Waals surface area contributed by atoms with Crippen molar-refractivity contribution in [2.75, 3.05) is 0 Å². The van der Waals surface area contributed by atoms with Gasteiger partial charge >= 0.3 is 0 Å². The van der Waals surface area contributed by atoms with Crippen molar-refractivity contribution >= 4 is 0 Å². The summed E-state index contributed by atoms with van der Waals surface area (Å²) in [6.45, 7) is 6.53. The van der Waals surface area contributed by atoms with Crippen molar-refractivity contribution in [3.05, 3.63) is 59.7 Å². The van der Waals surface area contributed by atoms with Crippen molar-refractivity contribution in [3.8, 4) is 29.0 Å². The number of hydrogen-bond donors (Lipinski definition) is 0. The molecule has 0 atom stereocenters. The zero-order chi connectivity index (χ0) is 16.4. The summed E-state index contributed by atoms with van der Waals surface area (Å²) in [7, 11) is 0. The summed E-state index contributed by atoms with van der Waals surface area (Å²) >= 11 is 0. The van der Waals surface area contributed by atoms with E-state index in [0.29, 0.717) is 17.3 Å². The van der Waals surface area contributed by atoms with Crippen LogP contribution in [-0.2, 0) is 5.41 Å². The summed E-state index contributed by atoms with van der Waals surface area (Å²) in [5.41, 5.74) is 3.67. The normalized spacial score (nSPS) is 11.2. The van der Waals surface area contributed by atoms with Gasteiger partial charge in [-0.15, -0.1) is 10.2 Å². The van der Waals surface area contributed by atoms with E-state index < -0.39 is 0 Å². The number of aromatic nitrogens is 2. The molecule has 2 aromatic carbocycles. The zero-order valence-corrected chi connectivity index (χ0v) is 13.4. The molecule has 0 N–H and O–H groups in total. The first kappa shape index (κ1) is 15.0. The average molecular weight is 303 g/mol. The zero-order valence-electron chi connectivity index (χ0n) is 13.4. The molecule has 4 nitrogen and oxygen atoms in total. The van der Waals surface area contributed by atoms with Crippen molar-refractivity contribution in [3.63, 3.8) is 0 Å². The summed E-state index contributed by atoms with van der Waals surface area (Å²) in [4.78, 5) is 0. The van der Waals surface area contributed by atoms with Gasteiger partial charge in [0.1, 0.15) is 0 Å². The predicted octanol–water partition coefficient (Wildman–Crippen LogP) is 4.57. The van der Waals surface area contributed by atoms with Crippen LogP contribution < -0.4 is 0 Å². The van der Waals surface area contributed by atoms with Crippen molar-refractivity contribution in [2.45, 2.75) is 26.2 Å². The van der Waals surface area contributed by atoms with E-state index in [9.17, 15) is 0 Å². The van der Waals surface area contributed by atoms with E-state index in [2.05, 4.69) is 49.2 Å². The second-order valence-corrected chi connectivity index (χ2v) is 6.43. The minimum atomic E-state index is 0.112. The van der Waals surface area contributed by atoms with Gasteiger partial charge in [-0.2, -0.15) is 5.26 Å². The van der Waals surface area contributed by atoms with Crippen LogP contribution in [0.15, 0.2) is 52.9 Å². The van der Waals surface area contributed by atoms with Crippen LogP contribution in [0.2, 0.25) is 0 Å². The van der Waals surface area contributed by atoms with E-state index in [-0.39, 0.29) is 5.41 Å². The summed E-state index contributed by atoms with van der Waals surface area (Å²) < 4.78 is 5.75. The molecule has 0 aliphatic heterocycles. The molecule has 0 amide bonds. The smallest absolute Gasteiger partial charge is 0.248 e. The van der Waals surface area contributed by atoms with Crippen LogP contribution in [0.4, 0.5) is 0 Å². The number of nitrogens with zero attached hydrogens (tertiary/aromatic N) is 3. The van der Waals surface area contributed by atoms with Crippen molar-refractivity contribution in [2.24, 2.45) is 0 Å². The lowest BCUT2D eigenvalue weighted by molar-refractivity contribution is 0.582.